The minimum absolute atomic E-state index is 0. The molecule has 0 aliphatic carbocycles. The fraction of sp³-hybridized carbons (Fsp3) is 0.189. The van der Waals surface area contributed by atoms with Crippen LogP contribution in [0.15, 0.2) is 144 Å². The van der Waals surface area contributed by atoms with Gasteiger partial charge in [-0.3, -0.25) is 77.9 Å². The second-order valence-electron chi connectivity index (χ2n) is 19.0. The molecule has 13 heterocycles. The summed E-state index contributed by atoms with van der Waals surface area (Å²) in [6.07, 6.45) is 3.71. The lowest BCUT2D eigenvalue weighted by atomic mass is 10.2. The smallest absolute Gasteiger partial charge is 0.421 e. The number of benzene rings is 1. The molecule has 0 saturated carbocycles. The topological polar surface area (TPSA) is 595 Å². The average Bonchev–Trinajstić information content (AvgIpc) is 1.66. The zero-order valence-corrected chi connectivity index (χ0v) is 49.0. The highest BCUT2D eigenvalue weighted by Gasteiger charge is 2.31. The molecule has 492 valence electrons. The number of oxazole rings is 3. The first kappa shape index (κ1) is 66.3. The number of anilines is 10. The van der Waals surface area contributed by atoms with E-state index >= 15 is 0 Å². The van der Waals surface area contributed by atoms with Crippen molar-refractivity contribution in [3.8, 4) is 23.0 Å². The standard InChI is InChI=1S/C12H10N4O3.C9H7N5O4.C9H12N4O3.C9H12N4O2.C7H8N4O2.C6H6N4O2.CH4/c13-11-14-9-8(10(17)15-11)19-12(18)16(9)6-7-4-2-1-3-5-7;10-8-12-6-5(7(15)13-8)18-9(16)14(6)3-4-11-1-2-17-4;1-5-13(3-4-15-2)7-6(16-5)8(14)12-9(10)11-7;1-3-4-13-5(2)15-6-7(13)11-9(10)12-8(6)14;1-3-11(2)5-4(13-3)6(12)10-7(8)9-5;1-2-8-4-3(12-2)5(11)10-6(7)9-4;/h1-5H,6H2,(H3,13,14,15,17);1-2H,3H2,(H3,10,12,13,15);1,3-4H2,2H3,(H3,10,11,12,14);2-4H2,1H3,(H3,10,11,12,14);1H2,2H3,(H3,8,9,10,12);1H2,(H4,7,8,9,10,11);1H4. The number of methoxy groups -OCH3 is 1. The summed E-state index contributed by atoms with van der Waals surface area (Å²) in [6.45, 7) is 18.4. The summed E-state index contributed by atoms with van der Waals surface area (Å²) in [5, 5.41) is 2.65. The van der Waals surface area contributed by atoms with Gasteiger partial charge in [-0.2, -0.15) is 29.9 Å². The van der Waals surface area contributed by atoms with Gasteiger partial charge in [0.1, 0.15) is 12.8 Å². The van der Waals surface area contributed by atoms with Crippen molar-refractivity contribution in [3.05, 3.63) is 187 Å². The van der Waals surface area contributed by atoms with Crippen LogP contribution in [0.2, 0.25) is 0 Å². The largest absolute Gasteiger partial charge is 0.447 e. The summed E-state index contributed by atoms with van der Waals surface area (Å²) in [4.78, 5) is 138. The van der Waals surface area contributed by atoms with Gasteiger partial charge in [0.2, 0.25) is 75.7 Å². The number of fused-ring (bicyclic) bond motifs is 6. The van der Waals surface area contributed by atoms with Crippen molar-refractivity contribution in [2.24, 2.45) is 0 Å². The molecule has 4 aliphatic rings. The van der Waals surface area contributed by atoms with E-state index in [2.05, 4.69) is 96.4 Å². The van der Waals surface area contributed by atoms with E-state index in [1.165, 1.54) is 17.0 Å². The van der Waals surface area contributed by atoms with E-state index in [1.807, 2.05) is 37.3 Å². The Morgan fingerprint density at radius 1 is 0.532 bits per heavy atom. The molecule has 1 aromatic carbocycles. The SMILES string of the molecule is C.C=C1Nc2nc(N)[nH]c(=O)c2O1.C=C1Oc2c(nc(N)[nH]c2=O)N1C.C=C1Oc2c(nc(N)[nH]c2=O)N1CCC.C=C1Oc2c(nc(N)[nH]c2=O)N1CCOC.Nc1nc2c(oc(=O)n2Cc2ccccc2)c(=O)[nH]1.Nc1nc2c(oc(=O)n2Cc2ncco2)c(=O)[nH]1. The third-order valence-corrected chi connectivity index (χ3v) is 12.5. The molecular weight excluding hydrogens is 1240 g/mol. The van der Waals surface area contributed by atoms with Gasteiger partial charge in [-0.15, -0.1) is 0 Å². The number of nitrogen functional groups attached to an aromatic ring is 6. The molecule has 9 aromatic heterocycles. The van der Waals surface area contributed by atoms with Crippen LogP contribution in [0, 0.1) is 0 Å². The summed E-state index contributed by atoms with van der Waals surface area (Å²) in [7, 11) is 3.28. The van der Waals surface area contributed by atoms with Crippen LogP contribution in [0.5, 0.6) is 23.0 Å². The molecule has 0 radical (unpaired) electrons. The number of H-pyrrole nitrogens is 6. The van der Waals surface area contributed by atoms with Crippen LogP contribution >= 0.6 is 0 Å². The Labute approximate surface area is 523 Å². The average molecular weight is 1300 g/mol. The third kappa shape index (κ3) is 14.4. The highest BCUT2D eigenvalue weighted by Crippen LogP contribution is 2.35. The van der Waals surface area contributed by atoms with E-state index in [0.29, 0.717) is 66.5 Å². The van der Waals surface area contributed by atoms with E-state index in [0.717, 1.165) is 16.6 Å². The molecular formula is C53H59N25O16. The molecule has 0 spiro atoms. The Morgan fingerprint density at radius 3 is 1.46 bits per heavy atom. The first-order chi connectivity index (χ1) is 44.3. The van der Waals surface area contributed by atoms with Crippen LogP contribution in [0.4, 0.5) is 59.0 Å². The van der Waals surface area contributed by atoms with E-state index in [4.69, 9.17) is 71.3 Å². The van der Waals surface area contributed by atoms with Gasteiger partial charge in [0.05, 0.1) is 25.9 Å². The number of aromatic nitrogens is 15. The Kier molecular flexibility index (Phi) is 19.6. The number of aromatic amines is 6. The van der Waals surface area contributed by atoms with Gasteiger partial charge in [-0.25, -0.2) is 19.1 Å². The highest BCUT2D eigenvalue weighted by molar-refractivity contribution is 5.69. The minimum atomic E-state index is -0.730. The van der Waals surface area contributed by atoms with Crippen molar-refractivity contribution < 1.29 is 36.9 Å². The lowest BCUT2D eigenvalue weighted by molar-refractivity contribution is 0.205. The van der Waals surface area contributed by atoms with Gasteiger partial charge >= 0.3 is 11.5 Å². The fourth-order valence-corrected chi connectivity index (χ4v) is 8.42. The molecule has 0 fully saturated rings. The second kappa shape index (κ2) is 27.8. The van der Waals surface area contributed by atoms with Crippen molar-refractivity contribution in [1.29, 1.82) is 0 Å². The van der Waals surface area contributed by atoms with Crippen molar-refractivity contribution in [2.75, 3.05) is 88.3 Å². The lowest BCUT2D eigenvalue weighted by Crippen LogP contribution is -2.24. The van der Waals surface area contributed by atoms with E-state index in [-0.39, 0.29) is 113 Å². The number of hydrogen-bond acceptors (Lipinski definition) is 33. The summed E-state index contributed by atoms with van der Waals surface area (Å²) in [6, 6.07) is 9.32. The quantitative estimate of drug-likeness (QED) is 0.0876. The maximum absolute atomic E-state index is 11.8. The van der Waals surface area contributed by atoms with E-state index in [9.17, 15) is 38.4 Å². The number of rotatable bonds is 9. The number of hydrogen-bond donors (Lipinski definition) is 13. The Bertz CT molecular complexity index is 5040. The zero-order chi connectivity index (χ0) is 67.1. The second-order valence-corrected chi connectivity index (χ2v) is 19.0. The molecule has 19 N–H and O–H groups in total. The summed E-state index contributed by atoms with van der Waals surface area (Å²) < 4.78 is 42.5. The van der Waals surface area contributed by atoms with Crippen LogP contribution in [0.25, 0.3) is 22.5 Å². The first-order valence-corrected chi connectivity index (χ1v) is 26.6. The van der Waals surface area contributed by atoms with Crippen molar-refractivity contribution in [1.82, 2.24) is 73.9 Å². The van der Waals surface area contributed by atoms with Crippen LogP contribution in [-0.2, 0) is 17.8 Å². The predicted molar refractivity (Wildman–Crippen MR) is 340 cm³/mol. The molecule has 10 aromatic rings. The summed E-state index contributed by atoms with van der Waals surface area (Å²) in [5.74, 6) is 2.45. The number of ether oxygens (including phenoxy) is 5. The molecule has 4 aliphatic heterocycles. The van der Waals surface area contributed by atoms with Gasteiger partial charge in [-0.1, -0.05) is 44.7 Å². The molecule has 0 bridgehead atoms. The minimum Gasteiger partial charge on any atom is -0.447 e. The lowest BCUT2D eigenvalue weighted by Gasteiger charge is -2.15. The van der Waals surface area contributed by atoms with Crippen LogP contribution in [0.1, 0.15) is 32.2 Å². The van der Waals surface area contributed by atoms with Crippen molar-refractivity contribution >= 4 is 81.4 Å². The van der Waals surface area contributed by atoms with Gasteiger partial charge in [0, 0.05) is 20.7 Å². The van der Waals surface area contributed by atoms with Gasteiger partial charge < -0.3 is 76.7 Å². The molecule has 0 saturated heterocycles. The summed E-state index contributed by atoms with van der Waals surface area (Å²) in [5.41, 5.74) is 30.5. The van der Waals surface area contributed by atoms with Crippen LogP contribution < -0.4 is 118 Å². The zero-order valence-electron chi connectivity index (χ0n) is 49.0. The van der Waals surface area contributed by atoms with Crippen molar-refractivity contribution in [2.45, 2.75) is 33.9 Å². The summed E-state index contributed by atoms with van der Waals surface area (Å²) >= 11 is 0. The van der Waals surface area contributed by atoms with Gasteiger partial charge in [0.25, 0.3) is 33.4 Å². The van der Waals surface area contributed by atoms with Gasteiger partial charge in [-0.05, 0) is 38.3 Å². The molecule has 41 heteroatoms. The first-order valence-electron chi connectivity index (χ1n) is 26.6. The molecule has 14 rings (SSSR count). The predicted octanol–water partition coefficient (Wildman–Crippen LogP) is -0.379. The monoisotopic (exact) mass is 1300 g/mol. The molecule has 94 heavy (non-hydrogen) atoms. The van der Waals surface area contributed by atoms with Gasteiger partial charge in [0.15, 0.2) is 58.1 Å². The Hall–Kier alpha value is -13.6. The Morgan fingerprint density at radius 2 is 0.968 bits per heavy atom. The third-order valence-electron chi connectivity index (χ3n) is 12.5. The van der Waals surface area contributed by atoms with Crippen molar-refractivity contribution in [3.63, 3.8) is 0 Å². The van der Waals surface area contributed by atoms with Crippen LogP contribution in [0.3, 0.4) is 0 Å². The molecule has 41 nitrogen and oxygen atoms in total. The normalized spacial score (nSPS) is 12.6. The van der Waals surface area contributed by atoms with E-state index in [1.54, 1.807) is 28.9 Å². The van der Waals surface area contributed by atoms with E-state index < -0.39 is 39.3 Å². The maximum Gasteiger partial charge on any atom is 0.421 e. The highest BCUT2D eigenvalue weighted by atomic mass is 16.5. The fourth-order valence-electron chi connectivity index (χ4n) is 8.42. The number of nitrogens with one attached hydrogen (secondary N) is 7. The molecule has 0 amide bonds. The number of nitrogens with two attached hydrogens (primary N) is 6. The maximum atomic E-state index is 11.8. The number of nitrogens with zero attached hydrogens (tertiary/aromatic N) is 12. The molecule has 0 unspecified atom stereocenters. The van der Waals surface area contributed by atoms with Crippen LogP contribution in [-0.4, -0.2) is 108 Å². The molecule has 0 atom stereocenters. The Balaban J connectivity index is 0.000000145.